The molecule has 0 N–H and O–H groups in total. The monoisotopic (exact) mass is 234 g/mol. The second kappa shape index (κ2) is 6.40. The minimum absolute atomic E-state index is 1.40. The summed E-state index contributed by atoms with van der Waals surface area (Å²) in [6, 6.07) is 0. The van der Waals surface area contributed by atoms with Gasteiger partial charge in [0.15, 0.2) is 0 Å². The molecule has 0 amide bonds. The van der Waals surface area contributed by atoms with Gasteiger partial charge in [-0.25, -0.2) is 0 Å². The summed E-state index contributed by atoms with van der Waals surface area (Å²) in [5.41, 5.74) is 0. The summed E-state index contributed by atoms with van der Waals surface area (Å²) < 4.78 is 8.45. The van der Waals surface area contributed by atoms with Gasteiger partial charge in [0, 0.05) is 0 Å². The molecule has 0 saturated heterocycles. The Morgan fingerprint density at radius 1 is 0.818 bits per heavy atom. The molecule has 68 valence electrons. The van der Waals surface area contributed by atoms with Gasteiger partial charge in [0.25, 0.3) is 0 Å². The van der Waals surface area contributed by atoms with E-state index in [0.717, 1.165) is 0 Å². The van der Waals surface area contributed by atoms with Crippen molar-refractivity contribution in [2.45, 2.75) is 57.1 Å². The molecule has 0 aromatic carbocycles. The summed E-state index contributed by atoms with van der Waals surface area (Å²) in [7, 11) is 0. The van der Waals surface area contributed by atoms with Crippen molar-refractivity contribution >= 4 is 0 Å². The molecule has 0 rings (SSSR count). The molecule has 0 aliphatic carbocycles. The molecule has 0 saturated carbocycles. The average molecular weight is 236 g/mol. The first kappa shape index (κ1) is 11.9. The summed E-state index contributed by atoms with van der Waals surface area (Å²) in [6.45, 7) is 4.61. The zero-order valence-electron chi connectivity index (χ0n) is 8.74. The van der Waals surface area contributed by atoms with Crippen LogP contribution in [0.2, 0.25) is 17.5 Å². The van der Waals surface area contributed by atoms with Crippen LogP contribution >= 0.6 is 0 Å². The Morgan fingerprint density at radius 2 is 1.18 bits per heavy atom. The van der Waals surface area contributed by atoms with Crippen molar-refractivity contribution < 1.29 is 20.3 Å². The van der Waals surface area contributed by atoms with Crippen molar-refractivity contribution in [2.75, 3.05) is 0 Å². The number of hydrogen-bond acceptors (Lipinski definition) is 0. The molecule has 0 unspecified atom stereocenters. The SMILES string of the molecule is CCC[CH2][Zr]([CH3])([CH3])[CH2]CCC. The van der Waals surface area contributed by atoms with E-state index < -0.39 is 20.3 Å². The van der Waals surface area contributed by atoms with E-state index in [-0.39, 0.29) is 0 Å². The van der Waals surface area contributed by atoms with Gasteiger partial charge in [0.05, 0.1) is 0 Å². The third-order valence-electron chi connectivity index (χ3n) is 2.41. The van der Waals surface area contributed by atoms with Gasteiger partial charge in [-0.05, 0) is 0 Å². The summed E-state index contributed by atoms with van der Waals surface area (Å²) in [5, 5.41) is 0. The fourth-order valence-electron chi connectivity index (χ4n) is 1.44. The first-order valence-electron chi connectivity index (χ1n) is 5.12. The van der Waals surface area contributed by atoms with E-state index in [2.05, 4.69) is 23.1 Å². The zero-order valence-corrected chi connectivity index (χ0v) is 11.2. The number of rotatable bonds is 6. The maximum absolute atomic E-state index is 2.61. The average Bonchev–Trinajstić information content (AvgIpc) is 1.97. The van der Waals surface area contributed by atoms with E-state index in [1.807, 2.05) is 0 Å². The van der Waals surface area contributed by atoms with Crippen molar-refractivity contribution in [2.24, 2.45) is 0 Å². The molecule has 0 nitrogen and oxygen atoms in total. The fourth-order valence-corrected chi connectivity index (χ4v) is 8.49. The van der Waals surface area contributed by atoms with Crippen LogP contribution in [0.15, 0.2) is 0 Å². The molecule has 0 fully saturated rings. The van der Waals surface area contributed by atoms with Crippen molar-refractivity contribution in [3.05, 3.63) is 0 Å². The molecular formula is C10H24Zr. The molecule has 0 radical (unpaired) electrons. The van der Waals surface area contributed by atoms with Crippen LogP contribution in [-0.4, -0.2) is 0 Å². The molecule has 11 heavy (non-hydrogen) atoms. The van der Waals surface area contributed by atoms with Gasteiger partial charge < -0.3 is 0 Å². The van der Waals surface area contributed by atoms with Crippen molar-refractivity contribution in [3.63, 3.8) is 0 Å². The zero-order chi connectivity index (χ0) is 8.74. The Balaban J connectivity index is 3.43. The van der Waals surface area contributed by atoms with E-state index in [9.17, 15) is 0 Å². The third kappa shape index (κ3) is 7.25. The molecule has 0 heterocycles. The first-order chi connectivity index (χ1) is 5.12. The molecule has 0 aromatic heterocycles. The molecule has 0 spiro atoms. The van der Waals surface area contributed by atoms with Crippen molar-refractivity contribution in [1.29, 1.82) is 0 Å². The van der Waals surface area contributed by atoms with Crippen LogP contribution in [-0.2, 0) is 20.3 Å². The quantitative estimate of drug-likeness (QED) is 0.627. The standard InChI is InChI=1S/2C4H9.2CH3.Zr/c2*1-3-4-2;;;/h2*1,3-4H2,2H3;2*1H3;. The van der Waals surface area contributed by atoms with Gasteiger partial charge in [-0.15, -0.1) is 0 Å². The van der Waals surface area contributed by atoms with E-state index in [4.69, 9.17) is 0 Å². The third-order valence-corrected chi connectivity index (χ3v) is 10.8. The molecule has 0 bridgehead atoms. The second-order valence-corrected chi connectivity index (χ2v) is 17.5. The Labute approximate surface area is 77.2 Å². The Bertz CT molecular complexity index is 76.9. The van der Waals surface area contributed by atoms with Crippen LogP contribution in [0.25, 0.3) is 0 Å². The van der Waals surface area contributed by atoms with Crippen molar-refractivity contribution in [3.8, 4) is 0 Å². The van der Waals surface area contributed by atoms with Crippen LogP contribution in [0.3, 0.4) is 0 Å². The molecular weight excluding hydrogens is 211 g/mol. The molecule has 0 atom stereocenters. The van der Waals surface area contributed by atoms with E-state index in [1.54, 1.807) is 8.26 Å². The summed E-state index contributed by atoms with van der Waals surface area (Å²) >= 11 is -1.44. The Kier molecular flexibility index (Phi) is 6.92. The molecule has 0 aromatic rings. The van der Waals surface area contributed by atoms with Crippen LogP contribution in [0, 0.1) is 0 Å². The van der Waals surface area contributed by atoms with E-state index >= 15 is 0 Å². The summed E-state index contributed by atoms with van der Waals surface area (Å²) in [4.78, 5) is 0. The first-order valence-corrected chi connectivity index (χ1v) is 13.5. The summed E-state index contributed by atoms with van der Waals surface area (Å²) in [5.74, 6) is 0. The van der Waals surface area contributed by atoms with Crippen LogP contribution in [0.1, 0.15) is 39.5 Å². The van der Waals surface area contributed by atoms with Gasteiger partial charge in [-0.2, -0.15) is 0 Å². The van der Waals surface area contributed by atoms with Crippen LogP contribution in [0.4, 0.5) is 0 Å². The second-order valence-electron chi connectivity index (χ2n) is 4.37. The molecule has 0 aliphatic heterocycles. The summed E-state index contributed by atoms with van der Waals surface area (Å²) in [6.07, 6.45) is 5.78. The minimum atomic E-state index is -1.44. The molecule has 0 aliphatic rings. The van der Waals surface area contributed by atoms with Gasteiger partial charge in [-0.1, -0.05) is 0 Å². The van der Waals surface area contributed by atoms with Crippen molar-refractivity contribution in [1.82, 2.24) is 0 Å². The topological polar surface area (TPSA) is 0 Å². The number of hydrogen-bond donors (Lipinski definition) is 0. The normalized spacial score (nSPS) is 12.0. The molecule has 1 heteroatoms. The van der Waals surface area contributed by atoms with Crippen LogP contribution < -0.4 is 0 Å². The van der Waals surface area contributed by atoms with Gasteiger partial charge >= 0.3 is 77.3 Å². The fraction of sp³-hybridized carbons (Fsp3) is 1.00. The van der Waals surface area contributed by atoms with Gasteiger partial charge in [0.2, 0.25) is 0 Å². The van der Waals surface area contributed by atoms with E-state index in [0.29, 0.717) is 0 Å². The Hall–Kier alpha value is 0.883. The van der Waals surface area contributed by atoms with Gasteiger partial charge in [-0.3, -0.25) is 0 Å². The Morgan fingerprint density at radius 3 is 1.45 bits per heavy atom. The predicted octanol–water partition coefficient (Wildman–Crippen LogP) is 4.67. The van der Waals surface area contributed by atoms with Gasteiger partial charge in [0.1, 0.15) is 0 Å². The predicted molar refractivity (Wildman–Crippen MR) is 51.2 cm³/mol. The van der Waals surface area contributed by atoms with E-state index in [1.165, 1.54) is 25.7 Å². The van der Waals surface area contributed by atoms with Crippen LogP contribution in [0.5, 0.6) is 0 Å². The maximum atomic E-state index is 2.61. The number of unbranched alkanes of at least 4 members (excludes halogenated alkanes) is 2.